The summed E-state index contributed by atoms with van der Waals surface area (Å²) in [5, 5.41) is 2.35. The molecule has 0 aromatic heterocycles. The van der Waals surface area contributed by atoms with Crippen molar-refractivity contribution in [3.8, 4) is 0 Å². The molecule has 0 fully saturated rings. The number of carbonyl (C=O) groups is 1. The van der Waals surface area contributed by atoms with Crippen LogP contribution in [-0.2, 0) is 4.79 Å². The van der Waals surface area contributed by atoms with E-state index in [1.165, 1.54) is 0 Å². The topological polar surface area (TPSA) is 29.1 Å². The van der Waals surface area contributed by atoms with Crippen molar-refractivity contribution in [2.45, 2.75) is 38.6 Å². The van der Waals surface area contributed by atoms with Crippen LogP contribution in [0.1, 0.15) is 27.2 Å². The van der Waals surface area contributed by atoms with E-state index in [1.807, 2.05) is 20.8 Å². The molecule has 0 radical (unpaired) electrons. The van der Waals surface area contributed by atoms with Crippen molar-refractivity contribution in [1.82, 2.24) is 5.32 Å². The molecule has 0 aliphatic carbocycles. The summed E-state index contributed by atoms with van der Waals surface area (Å²) < 4.78 is 0. The third-order valence-electron chi connectivity index (χ3n) is 1.07. The standard InChI is InChI=1S/C7H14ClNO/c1-4-6(8)7(10)9-5(2)3/h5-6H,4H2,1-3H3,(H,9,10). The SMILES string of the molecule is CCC(Cl)C(=O)NC(C)C. The van der Waals surface area contributed by atoms with E-state index in [4.69, 9.17) is 11.6 Å². The van der Waals surface area contributed by atoms with Crippen LogP contribution < -0.4 is 5.32 Å². The Kier molecular flexibility index (Phi) is 4.45. The zero-order chi connectivity index (χ0) is 8.15. The molecule has 0 aliphatic heterocycles. The van der Waals surface area contributed by atoms with Gasteiger partial charge in [-0.25, -0.2) is 0 Å². The lowest BCUT2D eigenvalue weighted by molar-refractivity contribution is -0.121. The van der Waals surface area contributed by atoms with Gasteiger partial charge in [-0.3, -0.25) is 4.79 Å². The van der Waals surface area contributed by atoms with Gasteiger partial charge in [0, 0.05) is 6.04 Å². The number of rotatable bonds is 3. The van der Waals surface area contributed by atoms with E-state index in [1.54, 1.807) is 0 Å². The van der Waals surface area contributed by atoms with Crippen LogP contribution in [0, 0.1) is 0 Å². The first-order chi connectivity index (χ1) is 4.57. The molecule has 0 rings (SSSR count). The number of alkyl halides is 1. The van der Waals surface area contributed by atoms with E-state index in [2.05, 4.69) is 5.32 Å². The molecule has 0 spiro atoms. The largest absolute Gasteiger partial charge is 0.353 e. The predicted molar refractivity (Wildman–Crippen MR) is 43.2 cm³/mol. The monoisotopic (exact) mass is 163 g/mol. The van der Waals surface area contributed by atoms with Crippen molar-refractivity contribution in [1.29, 1.82) is 0 Å². The summed E-state index contributed by atoms with van der Waals surface area (Å²) in [6, 6.07) is 0.181. The Balaban J connectivity index is 3.62. The van der Waals surface area contributed by atoms with Gasteiger partial charge in [-0.05, 0) is 20.3 Å². The minimum atomic E-state index is -0.373. The van der Waals surface area contributed by atoms with E-state index in [-0.39, 0.29) is 17.3 Å². The van der Waals surface area contributed by atoms with Crippen molar-refractivity contribution >= 4 is 17.5 Å². The molecule has 0 aromatic rings. The fourth-order valence-corrected chi connectivity index (χ4v) is 0.623. The maximum atomic E-state index is 10.9. The van der Waals surface area contributed by atoms with Crippen LogP contribution >= 0.6 is 11.6 Å². The van der Waals surface area contributed by atoms with E-state index in [9.17, 15) is 4.79 Å². The van der Waals surface area contributed by atoms with Crippen LogP contribution in [0.15, 0.2) is 0 Å². The van der Waals surface area contributed by atoms with Crippen LogP contribution in [0.4, 0.5) is 0 Å². The summed E-state index contributed by atoms with van der Waals surface area (Å²) in [4.78, 5) is 10.9. The molecule has 10 heavy (non-hydrogen) atoms. The lowest BCUT2D eigenvalue weighted by Crippen LogP contribution is -2.35. The first-order valence-corrected chi connectivity index (χ1v) is 3.96. The minimum Gasteiger partial charge on any atom is -0.353 e. The molecule has 1 amide bonds. The van der Waals surface area contributed by atoms with Crippen molar-refractivity contribution in [2.24, 2.45) is 0 Å². The molecular formula is C7H14ClNO. The summed E-state index contributed by atoms with van der Waals surface area (Å²) in [7, 11) is 0. The quantitative estimate of drug-likeness (QED) is 0.629. The maximum Gasteiger partial charge on any atom is 0.238 e. The first-order valence-electron chi connectivity index (χ1n) is 3.52. The number of carbonyl (C=O) groups excluding carboxylic acids is 1. The third kappa shape index (κ3) is 3.72. The molecule has 1 N–H and O–H groups in total. The fraction of sp³-hybridized carbons (Fsp3) is 0.857. The Morgan fingerprint density at radius 1 is 1.60 bits per heavy atom. The van der Waals surface area contributed by atoms with Crippen LogP contribution in [-0.4, -0.2) is 17.3 Å². The normalized spacial score (nSPS) is 13.3. The summed E-state index contributed by atoms with van der Waals surface area (Å²) in [6.45, 7) is 5.71. The highest BCUT2D eigenvalue weighted by Crippen LogP contribution is 2.00. The first kappa shape index (κ1) is 9.76. The molecule has 0 saturated heterocycles. The average Bonchev–Trinajstić information content (AvgIpc) is 1.85. The van der Waals surface area contributed by atoms with Gasteiger partial charge in [0.05, 0.1) is 0 Å². The molecular weight excluding hydrogens is 150 g/mol. The lowest BCUT2D eigenvalue weighted by atomic mass is 10.3. The molecule has 2 nitrogen and oxygen atoms in total. The molecule has 3 heteroatoms. The van der Waals surface area contributed by atoms with Crippen molar-refractivity contribution in [2.75, 3.05) is 0 Å². The number of hydrogen-bond donors (Lipinski definition) is 1. The molecule has 1 atom stereocenters. The van der Waals surface area contributed by atoms with Crippen LogP contribution in [0.2, 0.25) is 0 Å². The number of nitrogens with one attached hydrogen (secondary N) is 1. The van der Waals surface area contributed by atoms with Crippen molar-refractivity contribution < 1.29 is 4.79 Å². The molecule has 1 unspecified atom stereocenters. The highest BCUT2D eigenvalue weighted by atomic mass is 35.5. The second kappa shape index (κ2) is 4.56. The van der Waals surface area contributed by atoms with Gasteiger partial charge in [0.25, 0.3) is 0 Å². The number of hydrogen-bond acceptors (Lipinski definition) is 1. The van der Waals surface area contributed by atoms with Crippen LogP contribution in [0.3, 0.4) is 0 Å². The Morgan fingerprint density at radius 2 is 2.10 bits per heavy atom. The van der Waals surface area contributed by atoms with Crippen molar-refractivity contribution in [3.05, 3.63) is 0 Å². The molecule has 0 aliphatic rings. The van der Waals surface area contributed by atoms with Gasteiger partial charge < -0.3 is 5.32 Å². The second-order valence-electron chi connectivity index (χ2n) is 2.54. The van der Waals surface area contributed by atoms with E-state index in [0.717, 1.165) is 0 Å². The van der Waals surface area contributed by atoms with Gasteiger partial charge in [0.15, 0.2) is 0 Å². The van der Waals surface area contributed by atoms with Gasteiger partial charge in [0.2, 0.25) is 5.91 Å². The number of halogens is 1. The fourth-order valence-electron chi connectivity index (χ4n) is 0.560. The van der Waals surface area contributed by atoms with Gasteiger partial charge in [-0.15, -0.1) is 11.6 Å². The minimum absolute atomic E-state index is 0.0702. The van der Waals surface area contributed by atoms with Gasteiger partial charge in [0.1, 0.15) is 5.38 Å². The average molecular weight is 164 g/mol. The lowest BCUT2D eigenvalue weighted by Gasteiger charge is -2.10. The summed E-state index contributed by atoms with van der Waals surface area (Å²) >= 11 is 5.65. The Bertz CT molecular complexity index is 114. The predicted octanol–water partition coefficient (Wildman–Crippen LogP) is 1.53. The second-order valence-corrected chi connectivity index (χ2v) is 3.07. The smallest absolute Gasteiger partial charge is 0.238 e. The van der Waals surface area contributed by atoms with Crippen LogP contribution in [0.5, 0.6) is 0 Å². The Morgan fingerprint density at radius 3 is 2.40 bits per heavy atom. The Hall–Kier alpha value is -0.240. The highest BCUT2D eigenvalue weighted by Gasteiger charge is 2.12. The Labute approximate surface area is 66.9 Å². The summed E-state index contributed by atoms with van der Waals surface area (Å²) in [5.74, 6) is -0.0702. The summed E-state index contributed by atoms with van der Waals surface area (Å²) in [5.41, 5.74) is 0. The highest BCUT2D eigenvalue weighted by molar-refractivity contribution is 6.30. The number of amides is 1. The molecule has 0 saturated carbocycles. The van der Waals surface area contributed by atoms with Crippen molar-refractivity contribution in [3.63, 3.8) is 0 Å². The zero-order valence-corrected chi connectivity index (χ0v) is 7.40. The van der Waals surface area contributed by atoms with E-state index < -0.39 is 0 Å². The molecule has 0 bridgehead atoms. The zero-order valence-electron chi connectivity index (χ0n) is 6.65. The van der Waals surface area contributed by atoms with Gasteiger partial charge in [-0.1, -0.05) is 6.92 Å². The van der Waals surface area contributed by atoms with E-state index >= 15 is 0 Å². The van der Waals surface area contributed by atoms with Gasteiger partial charge >= 0.3 is 0 Å². The third-order valence-corrected chi connectivity index (χ3v) is 1.58. The van der Waals surface area contributed by atoms with Crippen LogP contribution in [0.25, 0.3) is 0 Å². The summed E-state index contributed by atoms with van der Waals surface area (Å²) in [6.07, 6.45) is 0.681. The maximum absolute atomic E-state index is 10.9. The van der Waals surface area contributed by atoms with E-state index in [0.29, 0.717) is 6.42 Å². The van der Waals surface area contributed by atoms with Gasteiger partial charge in [-0.2, -0.15) is 0 Å². The molecule has 0 heterocycles. The molecule has 0 aromatic carbocycles. The molecule has 60 valence electrons.